The van der Waals surface area contributed by atoms with Crippen molar-refractivity contribution in [3.05, 3.63) is 87.5 Å². The normalized spacial score (nSPS) is 17.1. The van der Waals surface area contributed by atoms with Crippen LogP contribution in [0.15, 0.2) is 60.7 Å². The van der Waals surface area contributed by atoms with Gasteiger partial charge in [-0.1, -0.05) is 35.9 Å². The number of methoxy groups -OCH3 is 1. The van der Waals surface area contributed by atoms with Crippen molar-refractivity contribution < 1.29 is 13.9 Å². The summed E-state index contributed by atoms with van der Waals surface area (Å²) in [5.74, 6) is 0.0423. The molecule has 1 aliphatic rings. The molecule has 200 valence electrons. The van der Waals surface area contributed by atoms with E-state index in [2.05, 4.69) is 11.4 Å². The second-order valence-electron chi connectivity index (χ2n) is 9.80. The molecule has 1 aliphatic carbocycles. The monoisotopic (exact) mass is 561 g/mol. The van der Waals surface area contributed by atoms with Crippen LogP contribution in [-0.2, 0) is 6.54 Å². The van der Waals surface area contributed by atoms with Crippen LogP contribution >= 0.6 is 22.9 Å². The van der Waals surface area contributed by atoms with Gasteiger partial charge in [0.1, 0.15) is 16.4 Å². The molecule has 1 aromatic heterocycles. The number of hydrogen-bond donors (Lipinski definition) is 1. The zero-order valence-corrected chi connectivity index (χ0v) is 23.4. The van der Waals surface area contributed by atoms with E-state index in [1.165, 1.54) is 17.4 Å². The second kappa shape index (κ2) is 11.7. The van der Waals surface area contributed by atoms with Crippen molar-refractivity contribution in [2.75, 3.05) is 14.2 Å². The minimum absolute atomic E-state index is 0.00325. The van der Waals surface area contributed by atoms with E-state index in [-0.39, 0.29) is 17.0 Å². The molecule has 1 saturated carbocycles. The van der Waals surface area contributed by atoms with Gasteiger partial charge in [-0.3, -0.25) is 4.79 Å². The molecule has 0 saturated heterocycles. The summed E-state index contributed by atoms with van der Waals surface area (Å²) in [5.41, 5.74) is 3.27. The van der Waals surface area contributed by atoms with Crippen molar-refractivity contribution in [3.8, 4) is 22.9 Å². The van der Waals surface area contributed by atoms with E-state index in [9.17, 15) is 14.4 Å². The Morgan fingerprint density at radius 1 is 1.13 bits per heavy atom. The average Bonchev–Trinajstić information content (AvgIpc) is 3.32. The standard InChI is InChI=1S/C31H29ClFN3O2S/c1-35-23-10-12-24(13-11-23)36(31(37)30-29(32)28-25(33)7-4-8-27(28)39-30)18-22-16-21(9-14-26(22)38-2)20-6-3-5-19(15-20)17-34/h3-9,14-16,23-24,35H,10-13,18H2,1-2H3. The molecule has 4 aromatic rings. The van der Waals surface area contributed by atoms with Crippen molar-refractivity contribution in [1.82, 2.24) is 10.2 Å². The molecule has 0 aliphatic heterocycles. The van der Waals surface area contributed by atoms with E-state index in [4.69, 9.17) is 16.3 Å². The predicted molar refractivity (Wildman–Crippen MR) is 155 cm³/mol. The number of rotatable bonds is 7. The fourth-order valence-electron chi connectivity index (χ4n) is 5.42. The number of amides is 1. The van der Waals surface area contributed by atoms with Crippen LogP contribution in [0.5, 0.6) is 5.75 Å². The molecule has 1 amide bonds. The van der Waals surface area contributed by atoms with E-state index in [1.807, 2.05) is 48.3 Å². The molecule has 1 N–H and O–H groups in total. The van der Waals surface area contributed by atoms with Crippen LogP contribution < -0.4 is 10.1 Å². The smallest absolute Gasteiger partial charge is 0.266 e. The van der Waals surface area contributed by atoms with Gasteiger partial charge < -0.3 is 15.0 Å². The van der Waals surface area contributed by atoms with Gasteiger partial charge in [-0.05, 0) is 80.3 Å². The van der Waals surface area contributed by atoms with Crippen LogP contribution in [0.3, 0.4) is 0 Å². The first kappa shape index (κ1) is 27.1. The van der Waals surface area contributed by atoms with Crippen LogP contribution in [0, 0.1) is 17.1 Å². The van der Waals surface area contributed by atoms with Gasteiger partial charge in [-0.25, -0.2) is 4.39 Å². The lowest BCUT2D eigenvalue weighted by atomic mass is 9.89. The molecular weight excluding hydrogens is 533 g/mol. The minimum atomic E-state index is -0.428. The van der Waals surface area contributed by atoms with Crippen molar-refractivity contribution in [2.24, 2.45) is 0 Å². The first-order valence-corrected chi connectivity index (χ1v) is 14.1. The lowest BCUT2D eigenvalue weighted by Gasteiger charge is -2.37. The Bertz CT molecular complexity index is 1560. The Kier molecular flexibility index (Phi) is 8.18. The van der Waals surface area contributed by atoms with Crippen molar-refractivity contribution in [3.63, 3.8) is 0 Å². The van der Waals surface area contributed by atoms with Gasteiger partial charge in [0.05, 0.1) is 23.8 Å². The molecule has 5 nitrogen and oxygen atoms in total. The summed E-state index contributed by atoms with van der Waals surface area (Å²) in [6, 6.07) is 20.7. The Hall–Kier alpha value is -3.44. The summed E-state index contributed by atoms with van der Waals surface area (Å²) in [6.07, 6.45) is 3.61. The number of ether oxygens (including phenoxy) is 1. The quantitative estimate of drug-likeness (QED) is 0.255. The number of hydrogen-bond acceptors (Lipinski definition) is 5. The SMILES string of the molecule is CNC1CCC(N(Cc2cc(-c3cccc(C#N)c3)ccc2OC)C(=O)c2sc3cccc(F)c3c2Cl)CC1. The predicted octanol–water partition coefficient (Wildman–Crippen LogP) is 7.41. The highest BCUT2D eigenvalue weighted by Gasteiger charge is 2.32. The largest absolute Gasteiger partial charge is 0.496 e. The van der Waals surface area contributed by atoms with Gasteiger partial charge >= 0.3 is 0 Å². The highest BCUT2D eigenvalue weighted by Crippen LogP contribution is 2.39. The Labute approximate surface area is 236 Å². The third-order valence-corrected chi connectivity index (χ3v) is 9.19. The summed E-state index contributed by atoms with van der Waals surface area (Å²) in [7, 11) is 3.59. The van der Waals surface area contributed by atoms with Gasteiger partial charge in [0.2, 0.25) is 0 Å². The first-order chi connectivity index (χ1) is 18.9. The Morgan fingerprint density at radius 3 is 2.56 bits per heavy atom. The number of carbonyl (C=O) groups is 1. The van der Waals surface area contributed by atoms with Crippen molar-refractivity contribution in [1.29, 1.82) is 5.26 Å². The summed E-state index contributed by atoms with van der Waals surface area (Å²) in [4.78, 5) is 16.4. The van der Waals surface area contributed by atoms with Crippen LogP contribution in [0.25, 0.3) is 21.2 Å². The van der Waals surface area contributed by atoms with Gasteiger partial charge in [0.25, 0.3) is 5.91 Å². The molecule has 8 heteroatoms. The van der Waals surface area contributed by atoms with Crippen LogP contribution in [0.4, 0.5) is 4.39 Å². The molecule has 0 bridgehead atoms. The molecule has 5 rings (SSSR count). The highest BCUT2D eigenvalue weighted by molar-refractivity contribution is 7.21. The third-order valence-electron chi connectivity index (χ3n) is 7.55. The van der Waals surface area contributed by atoms with Crippen LogP contribution in [-0.4, -0.2) is 37.0 Å². The number of nitrogens with one attached hydrogen (secondary N) is 1. The molecular formula is C31H29ClFN3O2S. The minimum Gasteiger partial charge on any atom is -0.496 e. The third kappa shape index (κ3) is 5.51. The lowest BCUT2D eigenvalue weighted by Crippen LogP contribution is -2.44. The number of nitrogens with zero attached hydrogens (tertiary/aromatic N) is 2. The van der Waals surface area contributed by atoms with Crippen molar-refractivity contribution in [2.45, 2.75) is 44.3 Å². The molecule has 1 fully saturated rings. The maximum absolute atomic E-state index is 14.6. The number of fused-ring (bicyclic) bond motifs is 1. The van der Waals surface area contributed by atoms with E-state index >= 15 is 0 Å². The molecule has 0 spiro atoms. The molecule has 3 aromatic carbocycles. The van der Waals surface area contributed by atoms with Crippen LogP contribution in [0.2, 0.25) is 5.02 Å². The zero-order chi connectivity index (χ0) is 27.5. The topological polar surface area (TPSA) is 65.4 Å². The van der Waals surface area contributed by atoms with E-state index in [0.29, 0.717) is 38.9 Å². The zero-order valence-electron chi connectivity index (χ0n) is 21.8. The van der Waals surface area contributed by atoms with Crippen LogP contribution in [0.1, 0.15) is 46.5 Å². The first-order valence-electron chi connectivity index (χ1n) is 13.0. The number of nitriles is 1. The van der Waals surface area contributed by atoms with Gasteiger partial charge in [0.15, 0.2) is 0 Å². The maximum Gasteiger partial charge on any atom is 0.266 e. The van der Waals surface area contributed by atoms with Gasteiger partial charge in [0, 0.05) is 34.3 Å². The maximum atomic E-state index is 14.6. The number of benzene rings is 3. The summed E-state index contributed by atoms with van der Waals surface area (Å²) >= 11 is 7.87. The Balaban J connectivity index is 1.55. The molecule has 0 unspecified atom stereocenters. The molecule has 0 atom stereocenters. The number of carbonyl (C=O) groups excluding carboxylic acids is 1. The molecule has 0 radical (unpaired) electrons. The molecule has 1 heterocycles. The van der Waals surface area contributed by atoms with Gasteiger partial charge in [-0.15, -0.1) is 11.3 Å². The summed E-state index contributed by atoms with van der Waals surface area (Å²) < 4.78 is 21.0. The fourth-order valence-corrected chi connectivity index (χ4v) is 6.92. The van der Waals surface area contributed by atoms with E-state index in [0.717, 1.165) is 42.4 Å². The molecule has 39 heavy (non-hydrogen) atoms. The summed E-state index contributed by atoms with van der Waals surface area (Å²) in [5, 5.41) is 13.2. The number of thiophene rings is 1. The van der Waals surface area contributed by atoms with Gasteiger partial charge in [-0.2, -0.15) is 5.26 Å². The van der Waals surface area contributed by atoms with Crippen molar-refractivity contribution >= 4 is 38.9 Å². The highest BCUT2D eigenvalue weighted by atomic mass is 35.5. The summed E-state index contributed by atoms with van der Waals surface area (Å²) in [6.45, 7) is 0.315. The second-order valence-corrected chi connectivity index (χ2v) is 11.2. The van der Waals surface area contributed by atoms with E-state index in [1.54, 1.807) is 25.3 Å². The number of halogens is 2. The lowest BCUT2D eigenvalue weighted by molar-refractivity contribution is 0.0604. The fraction of sp³-hybridized carbons (Fsp3) is 0.290. The average molecular weight is 562 g/mol. The Morgan fingerprint density at radius 2 is 1.87 bits per heavy atom. The van der Waals surface area contributed by atoms with E-state index < -0.39 is 5.82 Å².